The predicted octanol–water partition coefficient (Wildman–Crippen LogP) is 0.998. The zero-order valence-corrected chi connectivity index (χ0v) is 12.2. The van der Waals surface area contributed by atoms with Gasteiger partial charge in [-0.2, -0.15) is 0 Å². The molecule has 1 aliphatic heterocycles. The highest BCUT2D eigenvalue weighted by Crippen LogP contribution is 2.22. The summed E-state index contributed by atoms with van der Waals surface area (Å²) in [6, 6.07) is 1.55. The van der Waals surface area contributed by atoms with E-state index < -0.39 is 0 Å². The van der Waals surface area contributed by atoms with Crippen LogP contribution in [0, 0.1) is 0 Å². The molecule has 1 fully saturated rings. The molecule has 1 aromatic rings. The second kappa shape index (κ2) is 6.39. The van der Waals surface area contributed by atoms with Gasteiger partial charge in [0.25, 0.3) is 5.91 Å². The third kappa shape index (κ3) is 3.03. The number of nitrogens with one attached hydrogen (secondary N) is 1. The summed E-state index contributed by atoms with van der Waals surface area (Å²) in [4.78, 5) is 18.3. The molecule has 2 heterocycles. The Morgan fingerprint density at radius 3 is 3.05 bits per heavy atom. The lowest BCUT2D eigenvalue weighted by Gasteiger charge is -2.37. The number of anilines is 1. The molecule has 1 amide bonds. The Bertz CT molecular complexity index is 498. The molecule has 1 saturated heterocycles. The molecule has 2 rings (SSSR count). The highest BCUT2D eigenvalue weighted by atomic mass is 35.5. The molecule has 0 aliphatic carbocycles. The Labute approximate surface area is 122 Å². The molecule has 0 bridgehead atoms. The number of pyridine rings is 1. The van der Waals surface area contributed by atoms with Gasteiger partial charge in [0, 0.05) is 19.8 Å². The average molecular weight is 300 g/mol. The second-order valence-corrected chi connectivity index (χ2v) is 5.16. The maximum absolute atomic E-state index is 12.5. The molecule has 1 aliphatic rings. The van der Waals surface area contributed by atoms with Crippen LogP contribution >= 0.6 is 11.6 Å². The van der Waals surface area contributed by atoms with Gasteiger partial charge in [-0.3, -0.25) is 4.79 Å². The van der Waals surface area contributed by atoms with Crippen molar-refractivity contribution in [2.75, 3.05) is 32.1 Å². The molecule has 2 unspecified atom stereocenters. The van der Waals surface area contributed by atoms with Crippen molar-refractivity contribution in [3.8, 4) is 0 Å². The fourth-order valence-corrected chi connectivity index (χ4v) is 2.38. The van der Waals surface area contributed by atoms with Crippen LogP contribution in [0.2, 0.25) is 5.02 Å². The Hall–Kier alpha value is -1.37. The minimum Gasteiger partial charge on any atom is -0.394 e. The van der Waals surface area contributed by atoms with E-state index in [0.717, 1.165) is 0 Å². The summed E-state index contributed by atoms with van der Waals surface area (Å²) in [5.41, 5.74) is 0.430. The monoisotopic (exact) mass is 299 g/mol. The first-order chi connectivity index (χ1) is 9.56. The maximum Gasteiger partial charge on any atom is 0.255 e. The summed E-state index contributed by atoms with van der Waals surface area (Å²) in [6.45, 7) is 2.57. The zero-order chi connectivity index (χ0) is 14.7. The van der Waals surface area contributed by atoms with E-state index in [1.54, 1.807) is 18.0 Å². The van der Waals surface area contributed by atoms with Crippen molar-refractivity contribution in [2.24, 2.45) is 0 Å². The van der Waals surface area contributed by atoms with Crippen molar-refractivity contribution >= 4 is 23.3 Å². The van der Waals surface area contributed by atoms with E-state index in [0.29, 0.717) is 29.6 Å². The van der Waals surface area contributed by atoms with E-state index in [-0.39, 0.29) is 24.7 Å². The van der Waals surface area contributed by atoms with Crippen molar-refractivity contribution < 1.29 is 14.6 Å². The first-order valence-electron chi connectivity index (χ1n) is 6.43. The molecule has 110 valence electrons. The Morgan fingerprint density at radius 2 is 2.45 bits per heavy atom. The van der Waals surface area contributed by atoms with Gasteiger partial charge in [0.2, 0.25) is 0 Å². The Balaban J connectivity index is 2.19. The first-order valence-corrected chi connectivity index (χ1v) is 6.81. The summed E-state index contributed by atoms with van der Waals surface area (Å²) < 4.78 is 5.42. The van der Waals surface area contributed by atoms with Gasteiger partial charge in [-0.15, -0.1) is 0 Å². The molecule has 6 nitrogen and oxygen atoms in total. The molecule has 0 spiro atoms. The van der Waals surface area contributed by atoms with Crippen LogP contribution in [0.5, 0.6) is 0 Å². The lowest BCUT2D eigenvalue weighted by molar-refractivity contribution is -0.0667. The highest BCUT2D eigenvalue weighted by Gasteiger charge is 2.30. The SMILES string of the molecule is CNc1ncc(C(=O)N2CC(CO)OCC2C)cc1Cl. The smallest absolute Gasteiger partial charge is 0.255 e. The second-order valence-electron chi connectivity index (χ2n) is 4.75. The highest BCUT2D eigenvalue weighted by molar-refractivity contribution is 6.33. The van der Waals surface area contributed by atoms with Crippen molar-refractivity contribution in [3.63, 3.8) is 0 Å². The van der Waals surface area contributed by atoms with Crippen molar-refractivity contribution in [3.05, 3.63) is 22.8 Å². The standard InChI is InChI=1S/C13H18ClN3O3/c1-8-7-20-10(6-18)5-17(8)13(19)9-3-11(14)12(15-2)16-4-9/h3-4,8,10,18H,5-7H2,1-2H3,(H,15,16). The fraction of sp³-hybridized carbons (Fsp3) is 0.538. The molecular weight excluding hydrogens is 282 g/mol. The van der Waals surface area contributed by atoms with Gasteiger partial charge >= 0.3 is 0 Å². The van der Waals surface area contributed by atoms with Gasteiger partial charge in [-0.05, 0) is 13.0 Å². The van der Waals surface area contributed by atoms with Crippen LogP contribution < -0.4 is 5.32 Å². The molecule has 0 saturated carbocycles. The summed E-state index contributed by atoms with van der Waals surface area (Å²) in [5, 5.41) is 12.4. The number of rotatable bonds is 3. The number of halogens is 1. The quantitative estimate of drug-likeness (QED) is 0.871. The van der Waals surface area contributed by atoms with E-state index in [1.807, 2.05) is 6.92 Å². The number of morpholine rings is 1. The van der Waals surface area contributed by atoms with E-state index in [1.165, 1.54) is 6.20 Å². The third-order valence-electron chi connectivity index (χ3n) is 3.29. The number of nitrogens with zero attached hydrogens (tertiary/aromatic N) is 2. The number of ether oxygens (including phenoxy) is 1. The summed E-state index contributed by atoms with van der Waals surface area (Å²) in [7, 11) is 1.71. The topological polar surface area (TPSA) is 74.7 Å². The van der Waals surface area contributed by atoms with Gasteiger partial charge in [-0.25, -0.2) is 4.98 Å². The van der Waals surface area contributed by atoms with Crippen LogP contribution in [0.4, 0.5) is 5.82 Å². The van der Waals surface area contributed by atoms with E-state index >= 15 is 0 Å². The van der Waals surface area contributed by atoms with Gasteiger partial charge in [0.05, 0.1) is 35.9 Å². The van der Waals surface area contributed by atoms with Crippen LogP contribution in [0.3, 0.4) is 0 Å². The van der Waals surface area contributed by atoms with E-state index in [9.17, 15) is 4.79 Å². The number of aliphatic hydroxyl groups is 1. The molecule has 20 heavy (non-hydrogen) atoms. The number of aromatic nitrogens is 1. The number of carbonyl (C=O) groups excluding carboxylic acids is 1. The summed E-state index contributed by atoms with van der Waals surface area (Å²) >= 11 is 6.04. The largest absolute Gasteiger partial charge is 0.394 e. The lowest BCUT2D eigenvalue weighted by atomic mass is 10.1. The fourth-order valence-electron chi connectivity index (χ4n) is 2.12. The number of amides is 1. The van der Waals surface area contributed by atoms with E-state index in [2.05, 4.69) is 10.3 Å². The van der Waals surface area contributed by atoms with Crippen LogP contribution in [0.15, 0.2) is 12.3 Å². The molecule has 2 atom stereocenters. The molecule has 7 heteroatoms. The summed E-state index contributed by atoms with van der Waals surface area (Å²) in [5.74, 6) is 0.378. The minimum absolute atomic E-state index is 0.0481. The van der Waals surface area contributed by atoms with Crippen molar-refractivity contribution in [1.29, 1.82) is 0 Å². The van der Waals surface area contributed by atoms with Gasteiger partial charge in [-0.1, -0.05) is 11.6 Å². The number of hydrogen-bond donors (Lipinski definition) is 2. The molecule has 2 N–H and O–H groups in total. The van der Waals surface area contributed by atoms with Crippen LogP contribution in [-0.4, -0.2) is 59.8 Å². The molecule has 0 aromatic carbocycles. The maximum atomic E-state index is 12.5. The predicted molar refractivity (Wildman–Crippen MR) is 76.1 cm³/mol. The number of hydrogen-bond acceptors (Lipinski definition) is 5. The number of carbonyl (C=O) groups is 1. The van der Waals surface area contributed by atoms with Gasteiger partial charge in [0.1, 0.15) is 5.82 Å². The Morgan fingerprint density at radius 1 is 1.70 bits per heavy atom. The minimum atomic E-state index is -0.338. The molecular formula is C13H18ClN3O3. The normalized spacial score (nSPS) is 22.7. The molecule has 0 radical (unpaired) electrons. The van der Waals surface area contributed by atoms with E-state index in [4.69, 9.17) is 21.4 Å². The van der Waals surface area contributed by atoms with Crippen LogP contribution in [0.25, 0.3) is 0 Å². The number of aliphatic hydroxyl groups excluding tert-OH is 1. The van der Waals surface area contributed by atoms with Crippen molar-refractivity contribution in [2.45, 2.75) is 19.1 Å². The van der Waals surface area contributed by atoms with Gasteiger partial charge in [0.15, 0.2) is 0 Å². The third-order valence-corrected chi connectivity index (χ3v) is 3.58. The first kappa shape index (κ1) is 15.0. The molecule has 1 aromatic heterocycles. The van der Waals surface area contributed by atoms with Crippen LogP contribution in [-0.2, 0) is 4.74 Å². The Kier molecular flexibility index (Phi) is 4.80. The average Bonchev–Trinajstić information content (AvgIpc) is 2.47. The summed E-state index contributed by atoms with van der Waals surface area (Å²) in [6.07, 6.45) is 1.16. The zero-order valence-electron chi connectivity index (χ0n) is 11.5. The van der Waals surface area contributed by atoms with Crippen LogP contribution in [0.1, 0.15) is 17.3 Å². The van der Waals surface area contributed by atoms with Crippen molar-refractivity contribution in [1.82, 2.24) is 9.88 Å². The lowest BCUT2D eigenvalue weighted by Crippen LogP contribution is -2.52. The van der Waals surface area contributed by atoms with Gasteiger partial charge < -0.3 is 20.1 Å².